The molecule has 0 saturated carbocycles. The first-order valence-electron chi connectivity index (χ1n) is 6.99. The van der Waals surface area contributed by atoms with Gasteiger partial charge < -0.3 is 15.7 Å². The molecule has 2 aromatic carbocycles. The molecule has 0 unspecified atom stereocenters. The molecular weight excluding hydrogens is 264 g/mol. The van der Waals surface area contributed by atoms with E-state index in [0.29, 0.717) is 13.0 Å². The second-order valence-electron chi connectivity index (χ2n) is 4.97. The van der Waals surface area contributed by atoms with Crippen LogP contribution in [0.25, 0.3) is 0 Å². The van der Waals surface area contributed by atoms with Crippen molar-refractivity contribution in [3.05, 3.63) is 65.7 Å². The standard InChI is InChI=1S/C17H20N2O2/c1-13-6-5-9-15(12-13)19-17(21)18-11-10-16(20)14-7-3-2-4-8-14/h2-9,12,16,20H,10-11H2,1H3,(H2,18,19,21)/t16-/m0/s1. The lowest BCUT2D eigenvalue weighted by atomic mass is 10.1. The predicted molar refractivity (Wildman–Crippen MR) is 84.2 cm³/mol. The first kappa shape index (κ1) is 15.1. The molecule has 2 rings (SSSR count). The minimum absolute atomic E-state index is 0.263. The van der Waals surface area contributed by atoms with Gasteiger partial charge in [-0.3, -0.25) is 0 Å². The molecule has 21 heavy (non-hydrogen) atoms. The summed E-state index contributed by atoms with van der Waals surface area (Å²) in [7, 11) is 0. The molecule has 0 spiro atoms. The monoisotopic (exact) mass is 284 g/mol. The van der Waals surface area contributed by atoms with Crippen LogP contribution in [0.3, 0.4) is 0 Å². The molecule has 3 N–H and O–H groups in total. The first-order valence-corrected chi connectivity index (χ1v) is 6.99. The zero-order valence-electron chi connectivity index (χ0n) is 12.0. The Hall–Kier alpha value is -2.33. The number of aliphatic hydroxyl groups is 1. The Morgan fingerprint density at radius 2 is 1.90 bits per heavy atom. The third-order valence-corrected chi connectivity index (χ3v) is 3.16. The second-order valence-corrected chi connectivity index (χ2v) is 4.97. The van der Waals surface area contributed by atoms with Crippen LogP contribution < -0.4 is 10.6 Å². The molecule has 4 nitrogen and oxygen atoms in total. The first-order chi connectivity index (χ1) is 10.1. The molecule has 0 saturated heterocycles. The molecule has 0 aliphatic carbocycles. The lowest BCUT2D eigenvalue weighted by Crippen LogP contribution is -2.30. The van der Waals surface area contributed by atoms with Gasteiger partial charge in [-0.05, 0) is 36.6 Å². The molecule has 2 amide bonds. The number of aliphatic hydroxyl groups excluding tert-OH is 1. The summed E-state index contributed by atoms with van der Waals surface area (Å²) < 4.78 is 0. The van der Waals surface area contributed by atoms with Gasteiger partial charge >= 0.3 is 6.03 Å². The minimum Gasteiger partial charge on any atom is -0.388 e. The summed E-state index contributed by atoms with van der Waals surface area (Å²) in [4.78, 5) is 11.7. The highest BCUT2D eigenvalue weighted by Crippen LogP contribution is 2.15. The number of carbonyl (C=O) groups excluding carboxylic acids is 1. The van der Waals surface area contributed by atoms with Crippen molar-refractivity contribution in [3.63, 3.8) is 0 Å². The van der Waals surface area contributed by atoms with Crippen molar-refractivity contribution in [1.29, 1.82) is 0 Å². The number of benzene rings is 2. The summed E-state index contributed by atoms with van der Waals surface area (Å²) in [5.74, 6) is 0. The zero-order valence-corrected chi connectivity index (χ0v) is 12.0. The van der Waals surface area contributed by atoms with E-state index in [0.717, 1.165) is 16.8 Å². The maximum atomic E-state index is 11.7. The highest BCUT2D eigenvalue weighted by atomic mass is 16.3. The van der Waals surface area contributed by atoms with Gasteiger partial charge in [0.2, 0.25) is 0 Å². The van der Waals surface area contributed by atoms with Gasteiger partial charge in [-0.15, -0.1) is 0 Å². The van der Waals surface area contributed by atoms with Crippen LogP contribution in [0.1, 0.15) is 23.7 Å². The Morgan fingerprint density at radius 1 is 1.14 bits per heavy atom. The van der Waals surface area contributed by atoms with Crippen LogP contribution >= 0.6 is 0 Å². The Morgan fingerprint density at radius 3 is 2.62 bits per heavy atom. The molecule has 0 aliphatic rings. The van der Waals surface area contributed by atoms with E-state index in [9.17, 15) is 9.90 Å². The van der Waals surface area contributed by atoms with Crippen LogP contribution in [-0.4, -0.2) is 17.7 Å². The SMILES string of the molecule is Cc1cccc(NC(=O)NCC[C@H](O)c2ccccc2)c1. The van der Waals surface area contributed by atoms with Crippen molar-refractivity contribution in [2.24, 2.45) is 0 Å². The molecule has 0 aliphatic heterocycles. The fourth-order valence-corrected chi connectivity index (χ4v) is 2.06. The van der Waals surface area contributed by atoms with Crippen LogP contribution in [0, 0.1) is 6.92 Å². The third kappa shape index (κ3) is 4.93. The highest BCUT2D eigenvalue weighted by Gasteiger charge is 2.07. The summed E-state index contributed by atoms with van der Waals surface area (Å²) in [6.45, 7) is 2.38. The van der Waals surface area contributed by atoms with Gasteiger partial charge in [-0.1, -0.05) is 42.5 Å². The fourth-order valence-electron chi connectivity index (χ4n) is 2.06. The van der Waals surface area contributed by atoms with Crippen LogP contribution in [0.2, 0.25) is 0 Å². The average Bonchev–Trinajstić information content (AvgIpc) is 2.48. The van der Waals surface area contributed by atoms with Crippen LogP contribution in [0.15, 0.2) is 54.6 Å². The molecule has 110 valence electrons. The van der Waals surface area contributed by atoms with E-state index < -0.39 is 6.10 Å². The van der Waals surface area contributed by atoms with Crippen molar-refractivity contribution in [2.75, 3.05) is 11.9 Å². The van der Waals surface area contributed by atoms with Crippen molar-refractivity contribution in [1.82, 2.24) is 5.32 Å². The number of hydrogen-bond acceptors (Lipinski definition) is 2. The number of amides is 2. The smallest absolute Gasteiger partial charge is 0.319 e. The fraction of sp³-hybridized carbons (Fsp3) is 0.235. The Kier molecular flexibility index (Phi) is 5.35. The summed E-state index contributed by atoms with van der Waals surface area (Å²) >= 11 is 0. The summed E-state index contributed by atoms with van der Waals surface area (Å²) in [5.41, 5.74) is 2.71. The zero-order chi connectivity index (χ0) is 15.1. The Bertz CT molecular complexity index is 584. The molecule has 0 aromatic heterocycles. The lowest BCUT2D eigenvalue weighted by molar-refractivity contribution is 0.167. The molecule has 1 atom stereocenters. The largest absolute Gasteiger partial charge is 0.388 e. The third-order valence-electron chi connectivity index (χ3n) is 3.16. The number of rotatable bonds is 5. The molecular formula is C17H20N2O2. The number of anilines is 1. The molecule has 0 bridgehead atoms. The lowest BCUT2D eigenvalue weighted by Gasteiger charge is -2.12. The van der Waals surface area contributed by atoms with Gasteiger partial charge in [0.15, 0.2) is 0 Å². The number of hydrogen-bond donors (Lipinski definition) is 3. The van der Waals surface area contributed by atoms with E-state index in [-0.39, 0.29) is 6.03 Å². The van der Waals surface area contributed by atoms with Gasteiger partial charge in [-0.2, -0.15) is 0 Å². The quantitative estimate of drug-likeness (QED) is 0.789. The number of urea groups is 1. The predicted octanol–water partition coefficient (Wildman–Crippen LogP) is 3.24. The van der Waals surface area contributed by atoms with Gasteiger partial charge in [-0.25, -0.2) is 4.79 Å². The molecule has 0 fully saturated rings. The normalized spacial score (nSPS) is 11.7. The maximum absolute atomic E-state index is 11.7. The van der Waals surface area contributed by atoms with Crippen molar-refractivity contribution in [2.45, 2.75) is 19.4 Å². The molecule has 0 heterocycles. The van der Waals surface area contributed by atoms with E-state index in [4.69, 9.17) is 0 Å². The van der Waals surface area contributed by atoms with Gasteiger partial charge in [0, 0.05) is 12.2 Å². The van der Waals surface area contributed by atoms with Gasteiger partial charge in [0.25, 0.3) is 0 Å². The summed E-state index contributed by atoms with van der Waals surface area (Å²) in [6, 6.07) is 16.8. The van der Waals surface area contributed by atoms with Crippen LogP contribution in [-0.2, 0) is 0 Å². The number of nitrogens with one attached hydrogen (secondary N) is 2. The Balaban J connectivity index is 1.74. The number of aryl methyl sites for hydroxylation is 1. The average molecular weight is 284 g/mol. The second kappa shape index (κ2) is 7.45. The van der Waals surface area contributed by atoms with E-state index in [1.165, 1.54) is 0 Å². The van der Waals surface area contributed by atoms with Crippen LogP contribution in [0.5, 0.6) is 0 Å². The van der Waals surface area contributed by atoms with E-state index in [1.807, 2.05) is 61.5 Å². The van der Waals surface area contributed by atoms with E-state index in [2.05, 4.69) is 10.6 Å². The van der Waals surface area contributed by atoms with Crippen molar-refractivity contribution in [3.8, 4) is 0 Å². The molecule has 2 aromatic rings. The van der Waals surface area contributed by atoms with Gasteiger partial charge in [0.05, 0.1) is 6.10 Å². The van der Waals surface area contributed by atoms with Crippen molar-refractivity contribution >= 4 is 11.7 Å². The van der Waals surface area contributed by atoms with Gasteiger partial charge in [0.1, 0.15) is 0 Å². The minimum atomic E-state index is -0.564. The Labute approximate surface area is 124 Å². The van der Waals surface area contributed by atoms with Crippen LogP contribution in [0.4, 0.5) is 10.5 Å². The molecule has 0 radical (unpaired) electrons. The topological polar surface area (TPSA) is 61.4 Å². The molecule has 4 heteroatoms. The van der Waals surface area contributed by atoms with E-state index >= 15 is 0 Å². The maximum Gasteiger partial charge on any atom is 0.319 e. The summed E-state index contributed by atoms with van der Waals surface area (Å²) in [6.07, 6.45) is -0.0869. The highest BCUT2D eigenvalue weighted by molar-refractivity contribution is 5.89. The number of carbonyl (C=O) groups is 1. The van der Waals surface area contributed by atoms with E-state index in [1.54, 1.807) is 0 Å². The summed E-state index contributed by atoms with van der Waals surface area (Å²) in [5, 5.41) is 15.5. The van der Waals surface area contributed by atoms with Crippen molar-refractivity contribution < 1.29 is 9.90 Å².